The van der Waals surface area contributed by atoms with Gasteiger partial charge in [0.2, 0.25) is 0 Å². The van der Waals surface area contributed by atoms with Crippen LogP contribution in [0.5, 0.6) is 0 Å². The highest BCUT2D eigenvalue weighted by atomic mass is 79.9. The van der Waals surface area contributed by atoms with Gasteiger partial charge in [-0.25, -0.2) is 3.93 Å². The zero-order valence-electron chi connectivity index (χ0n) is 6.42. The minimum atomic E-state index is 0.883. The van der Waals surface area contributed by atoms with E-state index in [1.54, 1.807) is 0 Å². The minimum Gasteiger partial charge on any atom is -0.306 e. The Balaban J connectivity index is 1.92. The molecule has 10 heavy (non-hydrogen) atoms. The highest BCUT2D eigenvalue weighted by Gasteiger charge is 2.56. The van der Waals surface area contributed by atoms with E-state index in [-0.39, 0.29) is 0 Å². The van der Waals surface area contributed by atoms with E-state index in [0.717, 1.165) is 17.9 Å². The summed E-state index contributed by atoms with van der Waals surface area (Å²) in [6.07, 6.45) is 0. The first-order valence-corrected chi connectivity index (χ1v) is 4.48. The standard InChI is InChI=1S/C7H13BrN2/c1-9(2)7-5-3-10(8)4-6(5)7/h5-7H,3-4H2,1-2H3/t5-,6+,7?. The summed E-state index contributed by atoms with van der Waals surface area (Å²) in [6.45, 7) is 2.49. The Hall–Kier alpha value is 0.400. The molecule has 0 amide bonds. The van der Waals surface area contributed by atoms with Gasteiger partial charge in [-0.2, -0.15) is 0 Å². The molecule has 0 aromatic rings. The molecule has 2 nitrogen and oxygen atoms in total. The van der Waals surface area contributed by atoms with Crippen LogP contribution in [0.3, 0.4) is 0 Å². The first-order chi connectivity index (χ1) is 4.70. The SMILES string of the molecule is CN(C)C1[C@H]2CN(Br)C[C@@H]12. The molecule has 1 aliphatic carbocycles. The van der Waals surface area contributed by atoms with Crippen LogP contribution in [-0.4, -0.2) is 42.1 Å². The zero-order chi connectivity index (χ0) is 7.30. The quantitative estimate of drug-likeness (QED) is 0.584. The molecule has 2 fully saturated rings. The lowest BCUT2D eigenvalue weighted by atomic mass is 10.4. The lowest BCUT2D eigenvalue weighted by Gasteiger charge is -2.15. The molecular weight excluding hydrogens is 192 g/mol. The van der Waals surface area contributed by atoms with Crippen molar-refractivity contribution in [2.75, 3.05) is 27.2 Å². The average molecular weight is 205 g/mol. The summed E-state index contributed by atoms with van der Waals surface area (Å²) in [5.41, 5.74) is 0. The first-order valence-electron chi connectivity index (χ1n) is 3.77. The third-order valence-electron chi connectivity index (χ3n) is 2.70. The number of piperidine rings is 1. The van der Waals surface area contributed by atoms with Gasteiger partial charge in [-0.05, 0) is 25.9 Å². The Morgan fingerprint density at radius 3 is 2.20 bits per heavy atom. The van der Waals surface area contributed by atoms with Crippen LogP contribution < -0.4 is 0 Å². The lowest BCUT2D eigenvalue weighted by molar-refractivity contribution is 0.327. The van der Waals surface area contributed by atoms with Crippen LogP contribution >= 0.6 is 16.1 Å². The van der Waals surface area contributed by atoms with Crippen molar-refractivity contribution < 1.29 is 0 Å². The van der Waals surface area contributed by atoms with Crippen molar-refractivity contribution in [2.45, 2.75) is 6.04 Å². The molecule has 0 spiro atoms. The van der Waals surface area contributed by atoms with E-state index < -0.39 is 0 Å². The maximum absolute atomic E-state index is 3.50. The second-order valence-corrected chi connectivity index (χ2v) is 4.61. The maximum atomic E-state index is 3.50. The normalized spacial score (nSPS) is 46.2. The molecule has 1 saturated heterocycles. The predicted octanol–water partition coefficient (Wildman–Crippen LogP) is 0.788. The van der Waals surface area contributed by atoms with Crippen molar-refractivity contribution in [2.24, 2.45) is 11.8 Å². The van der Waals surface area contributed by atoms with Crippen LogP contribution in [0.1, 0.15) is 0 Å². The van der Waals surface area contributed by atoms with Crippen molar-refractivity contribution in [1.29, 1.82) is 0 Å². The van der Waals surface area contributed by atoms with Crippen LogP contribution in [0.2, 0.25) is 0 Å². The van der Waals surface area contributed by atoms with Crippen LogP contribution in [0.25, 0.3) is 0 Å². The van der Waals surface area contributed by atoms with Gasteiger partial charge in [0.05, 0.1) is 0 Å². The molecule has 1 heterocycles. The number of fused-ring (bicyclic) bond motifs is 1. The minimum absolute atomic E-state index is 0.883. The molecular formula is C7H13BrN2. The van der Waals surface area contributed by atoms with Crippen LogP contribution in [0.4, 0.5) is 0 Å². The lowest BCUT2D eigenvalue weighted by Crippen LogP contribution is -2.25. The second-order valence-electron chi connectivity index (χ2n) is 3.61. The Labute approximate surface area is 70.5 Å². The number of hydrogen-bond acceptors (Lipinski definition) is 2. The van der Waals surface area contributed by atoms with Gasteiger partial charge in [0.15, 0.2) is 0 Å². The molecule has 2 aliphatic rings. The molecule has 58 valence electrons. The molecule has 0 aromatic heterocycles. The molecule has 0 aromatic carbocycles. The highest BCUT2D eigenvalue weighted by molar-refractivity contribution is 9.07. The Kier molecular flexibility index (Phi) is 1.55. The van der Waals surface area contributed by atoms with Crippen molar-refractivity contribution in [3.8, 4) is 0 Å². The number of nitrogens with zero attached hydrogens (tertiary/aromatic N) is 2. The predicted molar refractivity (Wildman–Crippen MR) is 45.0 cm³/mol. The van der Waals surface area contributed by atoms with E-state index in [9.17, 15) is 0 Å². The van der Waals surface area contributed by atoms with Gasteiger partial charge in [-0.3, -0.25) is 0 Å². The van der Waals surface area contributed by atoms with E-state index >= 15 is 0 Å². The summed E-state index contributed by atoms with van der Waals surface area (Å²) in [4.78, 5) is 2.36. The van der Waals surface area contributed by atoms with Gasteiger partial charge < -0.3 is 4.90 Å². The summed E-state index contributed by atoms with van der Waals surface area (Å²) in [5.74, 6) is 1.91. The summed E-state index contributed by atoms with van der Waals surface area (Å²) >= 11 is 3.50. The molecule has 2 rings (SSSR count). The summed E-state index contributed by atoms with van der Waals surface area (Å²) < 4.78 is 2.25. The summed E-state index contributed by atoms with van der Waals surface area (Å²) in [6, 6.07) is 0.883. The molecule has 1 saturated carbocycles. The van der Waals surface area contributed by atoms with Crippen molar-refractivity contribution in [3.63, 3.8) is 0 Å². The van der Waals surface area contributed by atoms with Gasteiger partial charge in [-0.15, -0.1) is 0 Å². The van der Waals surface area contributed by atoms with Gasteiger partial charge >= 0.3 is 0 Å². The van der Waals surface area contributed by atoms with Crippen LogP contribution in [0.15, 0.2) is 0 Å². The molecule has 3 heteroatoms. The Morgan fingerprint density at radius 2 is 1.80 bits per heavy atom. The summed E-state index contributed by atoms with van der Waals surface area (Å²) in [5, 5.41) is 0. The fourth-order valence-corrected chi connectivity index (χ4v) is 2.88. The monoisotopic (exact) mass is 204 g/mol. The smallest absolute Gasteiger partial charge is 0.0178 e. The maximum Gasteiger partial charge on any atom is 0.0178 e. The third kappa shape index (κ3) is 0.917. The second kappa shape index (κ2) is 2.19. The molecule has 1 unspecified atom stereocenters. The van der Waals surface area contributed by atoms with Gasteiger partial charge in [0.1, 0.15) is 0 Å². The van der Waals surface area contributed by atoms with E-state index in [1.165, 1.54) is 13.1 Å². The number of rotatable bonds is 1. The molecule has 1 aliphatic heterocycles. The Morgan fingerprint density at radius 1 is 1.30 bits per heavy atom. The number of hydrogen-bond donors (Lipinski definition) is 0. The fourth-order valence-electron chi connectivity index (χ4n) is 2.21. The zero-order valence-corrected chi connectivity index (χ0v) is 8.00. The van der Waals surface area contributed by atoms with Crippen molar-refractivity contribution in [1.82, 2.24) is 8.83 Å². The fraction of sp³-hybridized carbons (Fsp3) is 1.00. The largest absolute Gasteiger partial charge is 0.306 e. The summed E-state index contributed by atoms with van der Waals surface area (Å²) in [7, 11) is 4.36. The topological polar surface area (TPSA) is 6.48 Å². The van der Waals surface area contributed by atoms with E-state index in [4.69, 9.17) is 0 Å². The average Bonchev–Trinajstić information content (AvgIpc) is 2.32. The number of halogens is 1. The van der Waals surface area contributed by atoms with E-state index in [0.29, 0.717) is 0 Å². The van der Waals surface area contributed by atoms with Crippen molar-refractivity contribution in [3.05, 3.63) is 0 Å². The Bertz CT molecular complexity index is 137. The van der Waals surface area contributed by atoms with Gasteiger partial charge in [-0.1, -0.05) is 0 Å². The van der Waals surface area contributed by atoms with E-state index in [2.05, 4.69) is 39.1 Å². The molecule has 3 atom stereocenters. The van der Waals surface area contributed by atoms with E-state index in [1.807, 2.05) is 0 Å². The van der Waals surface area contributed by atoms with Gasteiger partial charge in [0, 0.05) is 35.3 Å². The van der Waals surface area contributed by atoms with Crippen LogP contribution in [-0.2, 0) is 0 Å². The first kappa shape index (κ1) is 7.07. The van der Waals surface area contributed by atoms with Crippen molar-refractivity contribution >= 4 is 16.1 Å². The molecule has 0 N–H and O–H groups in total. The third-order valence-corrected chi connectivity index (χ3v) is 3.28. The molecule has 0 radical (unpaired) electrons. The highest BCUT2D eigenvalue weighted by Crippen LogP contribution is 2.48. The molecule has 0 bridgehead atoms. The van der Waals surface area contributed by atoms with Gasteiger partial charge in [0.25, 0.3) is 0 Å². The van der Waals surface area contributed by atoms with Crippen LogP contribution in [0, 0.1) is 11.8 Å².